The van der Waals surface area contributed by atoms with Crippen LogP contribution in [0.3, 0.4) is 0 Å². The van der Waals surface area contributed by atoms with E-state index in [4.69, 9.17) is 10.5 Å². The number of carbonyl (C=O) groups excluding carboxylic acids is 3. The largest absolute Gasteiger partial charge is 0.481 e. The number of carbonyl (C=O) groups is 4. The van der Waals surface area contributed by atoms with Crippen LogP contribution in [0.1, 0.15) is 88.0 Å². The lowest BCUT2D eigenvalue weighted by atomic mass is 9.93. The summed E-state index contributed by atoms with van der Waals surface area (Å²) >= 11 is 1.20. The summed E-state index contributed by atoms with van der Waals surface area (Å²) in [5.74, 6) is -2.66. The van der Waals surface area contributed by atoms with Crippen molar-refractivity contribution in [3.05, 3.63) is 52.0 Å². The minimum Gasteiger partial charge on any atom is -0.481 e. The summed E-state index contributed by atoms with van der Waals surface area (Å²) in [6, 6.07) is 8.16. The first-order chi connectivity index (χ1) is 19.7. The van der Waals surface area contributed by atoms with E-state index in [1.54, 1.807) is 24.3 Å². The van der Waals surface area contributed by atoms with Crippen molar-refractivity contribution in [2.75, 3.05) is 7.05 Å². The van der Waals surface area contributed by atoms with E-state index in [1.165, 1.54) is 18.3 Å². The van der Waals surface area contributed by atoms with Gasteiger partial charge in [0.25, 0.3) is 5.91 Å². The molecule has 0 aliphatic heterocycles. The first kappa shape index (κ1) is 34.9. The van der Waals surface area contributed by atoms with Gasteiger partial charge in [-0.25, -0.2) is 4.98 Å². The first-order valence-corrected chi connectivity index (χ1v) is 15.3. The number of aliphatic carboxylic acids is 1. The van der Waals surface area contributed by atoms with Gasteiger partial charge in [0.05, 0.1) is 12.0 Å². The molecular formula is C31H46N4O6S. The second-order valence-corrected chi connectivity index (χ2v) is 12.3. The fourth-order valence-corrected chi connectivity index (χ4v) is 5.65. The molecule has 0 saturated heterocycles. The number of aromatic nitrogens is 1. The Bertz CT molecular complexity index is 1190. The molecule has 0 radical (unpaired) electrons. The number of hydrogen-bond acceptors (Lipinski definition) is 8. The molecule has 1 aromatic carbocycles. The number of esters is 1. The van der Waals surface area contributed by atoms with Crippen LogP contribution in [0, 0.1) is 17.8 Å². The van der Waals surface area contributed by atoms with E-state index in [0.717, 1.165) is 12.0 Å². The smallest absolute Gasteiger partial charge is 0.306 e. The summed E-state index contributed by atoms with van der Waals surface area (Å²) in [7, 11) is 1.71. The third kappa shape index (κ3) is 10.2. The molecule has 10 nitrogen and oxygen atoms in total. The molecule has 0 unspecified atom stereocenters. The van der Waals surface area contributed by atoms with Gasteiger partial charge in [-0.3, -0.25) is 19.2 Å². The zero-order chi connectivity index (χ0) is 31.6. The van der Waals surface area contributed by atoms with E-state index in [-0.39, 0.29) is 42.3 Å². The van der Waals surface area contributed by atoms with Crippen molar-refractivity contribution in [1.29, 1.82) is 0 Å². The predicted octanol–water partition coefficient (Wildman–Crippen LogP) is 4.45. The number of nitrogens with one attached hydrogen (secondary N) is 1. The van der Waals surface area contributed by atoms with Crippen molar-refractivity contribution in [2.24, 2.45) is 23.5 Å². The van der Waals surface area contributed by atoms with Crippen LogP contribution in [0.5, 0.6) is 0 Å². The molecule has 11 heteroatoms. The molecule has 2 aromatic rings. The van der Waals surface area contributed by atoms with Gasteiger partial charge >= 0.3 is 11.9 Å². The Morgan fingerprint density at radius 1 is 1.10 bits per heavy atom. The molecule has 2 amide bonds. The van der Waals surface area contributed by atoms with Gasteiger partial charge in [0.15, 0.2) is 6.10 Å². The van der Waals surface area contributed by atoms with Gasteiger partial charge in [0.2, 0.25) is 5.91 Å². The van der Waals surface area contributed by atoms with Gasteiger partial charge in [-0.1, -0.05) is 71.4 Å². The molecule has 0 fully saturated rings. The van der Waals surface area contributed by atoms with Crippen molar-refractivity contribution in [3.63, 3.8) is 0 Å². The zero-order valence-corrected chi connectivity index (χ0v) is 26.5. The average Bonchev–Trinajstić information content (AvgIpc) is 3.44. The monoisotopic (exact) mass is 602 g/mol. The molecule has 2 rings (SSSR count). The number of likely N-dealkylation sites (N-methyl/N-ethyl adjacent to an activating group) is 1. The van der Waals surface area contributed by atoms with Crippen molar-refractivity contribution < 1.29 is 29.0 Å². The minimum atomic E-state index is -0.934. The summed E-state index contributed by atoms with van der Waals surface area (Å²) in [6.45, 7) is 10.8. The van der Waals surface area contributed by atoms with Crippen LogP contribution in [-0.4, -0.2) is 63.9 Å². The number of ether oxygens (including phenoxy) is 1. The third-order valence-corrected chi connectivity index (χ3v) is 8.61. The summed E-state index contributed by atoms with van der Waals surface area (Å²) in [5, 5.41) is 14.4. The van der Waals surface area contributed by atoms with Crippen molar-refractivity contribution in [3.8, 4) is 0 Å². The van der Waals surface area contributed by atoms with E-state index in [0.29, 0.717) is 11.4 Å². The molecule has 0 bridgehead atoms. The van der Waals surface area contributed by atoms with Crippen LogP contribution in [0.2, 0.25) is 0 Å². The first-order valence-electron chi connectivity index (χ1n) is 14.5. The normalized spacial score (nSPS) is 15.6. The number of hydrogen-bond donors (Lipinski definition) is 3. The molecule has 0 spiro atoms. The number of carboxylic acids is 1. The van der Waals surface area contributed by atoms with E-state index in [9.17, 15) is 24.3 Å². The maximum absolute atomic E-state index is 13.3. The fraction of sp³-hybridized carbons (Fsp3) is 0.581. The molecule has 1 aromatic heterocycles. The third-order valence-electron chi connectivity index (χ3n) is 7.67. The van der Waals surface area contributed by atoms with E-state index >= 15 is 0 Å². The van der Waals surface area contributed by atoms with Gasteiger partial charge in [-0.15, -0.1) is 11.3 Å². The van der Waals surface area contributed by atoms with Crippen LogP contribution in [0.15, 0.2) is 35.7 Å². The van der Waals surface area contributed by atoms with Gasteiger partial charge < -0.3 is 25.8 Å². The van der Waals surface area contributed by atoms with Crippen molar-refractivity contribution in [2.45, 2.75) is 91.5 Å². The second-order valence-electron chi connectivity index (χ2n) is 11.4. The molecule has 4 N–H and O–H groups in total. The summed E-state index contributed by atoms with van der Waals surface area (Å²) in [5.41, 5.74) is 7.36. The van der Waals surface area contributed by atoms with Crippen LogP contribution in [-0.2, 0) is 25.5 Å². The van der Waals surface area contributed by atoms with E-state index in [1.807, 2.05) is 58.0 Å². The number of nitrogens with zero attached hydrogens (tertiary/aromatic N) is 2. The maximum atomic E-state index is 13.3. The molecule has 6 atom stereocenters. The number of benzene rings is 1. The standard InChI is InChI=1S/C31H46N4O6S/c1-8-19(4)27(32)30(38)35(7)25(18(2)3)16-26(41-21(6)36)29-34-24(17-42-29)28(37)33-23(14-20(5)31(39)40)15-22-12-10-9-11-13-22/h9-13,17-20,23,25-27H,8,14-16,32H2,1-7H3,(H,33,37)(H,39,40)/t19-,20-,23+,25+,26-,27+/m1/s1. The highest BCUT2D eigenvalue weighted by molar-refractivity contribution is 7.09. The Balaban J connectivity index is 2.26. The quantitative estimate of drug-likeness (QED) is 0.239. The lowest BCUT2D eigenvalue weighted by Gasteiger charge is -2.35. The number of nitrogens with two attached hydrogens (primary N) is 1. The van der Waals surface area contributed by atoms with Crippen molar-refractivity contribution in [1.82, 2.24) is 15.2 Å². The van der Waals surface area contributed by atoms with E-state index in [2.05, 4.69) is 10.3 Å². The topological polar surface area (TPSA) is 152 Å². The molecule has 0 saturated carbocycles. The van der Waals surface area contributed by atoms with Gasteiger partial charge in [-0.05, 0) is 30.2 Å². The Kier molecular flexibility index (Phi) is 13.6. The number of thiazole rings is 1. The fourth-order valence-electron chi connectivity index (χ4n) is 4.81. The number of amides is 2. The predicted molar refractivity (Wildman–Crippen MR) is 163 cm³/mol. The maximum Gasteiger partial charge on any atom is 0.306 e. The highest BCUT2D eigenvalue weighted by Gasteiger charge is 2.33. The molecule has 1 heterocycles. The highest BCUT2D eigenvalue weighted by atomic mass is 32.1. The Hall–Kier alpha value is -3.31. The number of rotatable bonds is 16. The van der Waals surface area contributed by atoms with E-state index < -0.39 is 42.0 Å². The molecule has 42 heavy (non-hydrogen) atoms. The van der Waals surface area contributed by atoms with Crippen LogP contribution in [0.4, 0.5) is 0 Å². The average molecular weight is 603 g/mol. The molecule has 0 aliphatic rings. The lowest BCUT2D eigenvalue weighted by Crippen LogP contribution is -2.51. The Morgan fingerprint density at radius 3 is 2.29 bits per heavy atom. The number of carboxylic acid groups (broad SMARTS) is 1. The summed E-state index contributed by atoms with van der Waals surface area (Å²) in [4.78, 5) is 56.2. The van der Waals surface area contributed by atoms with Crippen molar-refractivity contribution >= 4 is 35.1 Å². The van der Waals surface area contributed by atoms with Gasteiger partial charge in [0, 0.05) is 37.9 Å². The minimum absolute atomic E-state index is 0.0151. The Morgan fingerprint density at radius 2 is 1.74 bits per heavy atom. The zero-order valence-electron chi connectivity index (χ0n) is 25.7. The van der Waals surface area contributed by atoms with Crippen LogP contribution in [0.25, 0.3) is 0 Å². The SMILES string of the molecule is CC[C@@H](C)[C@H](N)C(=O)N(C)[C@@H](C[C@@H](OC(C)=O)c1nc(C(=O)N[C@H](Cc2ccccc2)C[C@@H](C)C(=O)O)cs1)C(C)C. The lowest BCUT2D eigenvalue weighted by molar-refractivity contribution is -0.148. The van der Waals surface area contributed by atoms with Crippen LogP contribution >= 0.6 is 11.3 Å². The second kappa shape index (κ2) is 16.4. The Labute approximate surface area is 253 Å². The molecule has 232 valence electrons. The highest BCUT2D eigenvalue weighted by Crippen LogP contribution is 2.31. The summed E-state index contributed by atoms with van der Waals surface area (Å²) < 4.78 is 5.65. The van der Waals surface area contributed by atoms with Gasteiger partial charge in [0.1, 0.15) is 10.7 Å². The summed E-state index contributed by atoms with van der Waals surface area (Å²) in [6.07, 6.45) is 0.997. The van der Waals surface area contributed by atoms with Gasteiger partial charge in [-0.2, -0.15) is 0 Å². The molecule has 0 aliphatic carbocycles. The van der Waals surface area contributed by atoms with Crippen LogP contribution < -0.4 is 11.1 Å². The molecular weight excluding hydrogens is 556 g/mol.